The van der Waals surface area contributed by atoms with Gasteiger partial charge in [-0.2, -0.15) is 0 Å². The van der Waals surface area contributed by atoms with Gasteiger partial charge in [-0.3, -0.25) is 4.79 Å². The number of fused-ring (bicyclic) bond motifs is 3. The van der Waals surface area contributed by atoms with Gasteiger partial charge in [-0.1, -0.05) is 6.42 Å². The molecule has 1 fully saturated rings. The molecule has 2 aliphatic carbocycles. The monoisotopic (exact) mass is 326 g/mol. The first kappa shape index (κ1) is 15.4. The smallest absolute Gasteiger partial charge is 0.339 e. The van der Waals surface area contributed by atoms with Crippen molar-refractivity contribution in [3.05, 3.63) is 39.7 Å². The third-order valence-corrected chi connectivity index (χ3v) is 5.22. The number of aryl methyl sites for hydroxylation is 1. The predicted molar refractivity (Wildman–Crippen MR) is 91.6 cm³/mol. The molecule has 4 nitrogen and oxygen atoms in total. The summed E-state index contributed by atoms with van der Waals surface area (Å²) in [6.45, 7) is 0. The summed E-state index contributed by atoms with van der Waals surface area (Å²) in [6, 6.07) is 5.64. The van der Waals surface area contributed by atoms with Crippen LogP contribution in [-0.2, 0) is 17.6 Å². The maximum atomic E-state index is 12.3. The van der Waals surface area contributed by atoms with Crippen LogP contribution in [0, 0.1) is 0 Å². The normalized spacial score (nSPS) is 21.3. The molecule has 0 N–H and O–H groups in total. The Kier molecular flexibility index (Phi) is 4.13. The summed E-state index contributed by atoms with van der Waals surface area (Å²) in [5.74, 6) is 0.782. The van der Waals surface area contributed by atoms with Gasteiger partial charge in [0.25, 0.3) is 0 Å². The lowest BCUT2D eigenvalue weighted by molar-refractivity contribution is -0.127. The van der Waals surface area contributed by atoms with Crippen molar-refractivity contribution in [2.75, 3.05) is 0 Å². The molecule has 4 heteroatoms. The second kappa shape index (κ2) is 6.42. The van der Waals surface area contributed by atoms with Crippen LogP contribution >= 0.6 is 0 Å². The van der Waals surface area contributed by atoms with E-state index in [1.807, 2.05) is 12.1 Å². The number of carbonyl (C=O) groups excluding carboxylic acids is 1. The van der Waals surface area contributed by atoms with Gasteiger partial charge in [-0.25, -0.2) is 4.79 Å². The fourth-order valence-electron chi connectivity index (χ4n) is 3.92. The Balaban J connectivity index is 1.71. The number of ketones is 1. The lowest BCUT2D eigenvalue weighted by Crippen LogP contribution is -2.30. The van der Waals surface area contributed by atoms with Crippen molar-refractivity contribution in [1.29, 1.82) is 0 Å². The molecule has 1 aromatic carbocycles. The molecule has 126 valence electrons. The molecule has 2 aliphatic rings. The number of carbonyl (C=O) groups is 1. The SMILES string of the molecule is O=C1CCCCC1Oc1ccc2c3c(c(=O)oc2c1)CCCCC3. The molecule has 1 saturated carbocycles. The van der Waals surface area contributed by atoms with E-state index in [0.717, 1.165) is 67.9 Å². The van der Waals surface area contributed by atoms with Crippen molar-refractivity contribution in [2.24, 2.45) is 0 Å². The highest BCUT2D eigenvalue weighted by Gasteiger charge is 2.24. The molecule has 0 radical (unpaired) electrons. The Morgan fingerprint density at radius 3 is 2.54 bits per heavy atom. The van der Waals surface area contributed by atoms with Gasteiger partial charge in [0.15, 0.2) is 11.9 Å². The van der Waals surface area contributed by atoms with E-state index in [2.05, 4.69) is 0 Å². The molecule has 1 atom stereocenters. The van der Waals surface area contributed by atoms with Crippen LogP contribution < -0.4 is 10.4 Å². The fourth-order valence-corrected chi connectivity index (χ4v) is 3.92. The van der Waals surface area contributed by atoms with Crippen LogP contribution in [0.15, 0.2) is 27.4 Å². The number of rotatable bonds is 2. The Hall–Kier alpha value is -2.10. The number of hydrogen-bond donors (Lipinski definition) is 0. The highest BCUT2D eigenvalue weighted by Crippen LogP contribution is 2.30. The summed E-state index contributed by atoms with van der Waals surface area (Å²) in [7, 11) is 0. The standard InChI is InChI=1S/C20H22O4/c21-17-8-4-5-9-18(17)23-13-10-11-15-14-6-2-1-3-7-16(14)20(22)24-19(15)12-13/h10-12,18H,1-9H2. The third kappa shape index (κ3) is 2.85. The van der Waals surface area contributed by atoms with Crippen molar-refractivity contribution < 1.29 is 13.9 Å². The van der Waals surface area contributed by atoms with Crippen LogP contribution in [0.1, 0.15) is 56.1 Å². The second-order valence-electron chi connectivity index (χ2n) is 6.88. The van der Waals surface area contributed by atoms with Crippen LogP contribution in [-0.4, -0.2) is 11.9 Å². The molecule has 2 aromatic rings. The average Bonchev–Trinajstić information content (AvgIpc) is 2.83. The minimum absolute atomic E-state index is 0.171. The summed E-state index contributed by atoms with van der Waals surface area (Å²) in [5, 5.41) is 1.01. The van der Waals surface area contributed by atoms with E-state index in [4.69, 9.17) is 9.15 Å². The Morgan fingerprint density at radius 1 is 0.917 bits per heavy atom. The largest absolute Gasteiger partial charge is 0.483 e. The second-order valence-corrected chi connectivity index (χ2v) is 6.88. The molecule has 1 heterocycles. The molecule has 1 unspecified atom stereocenters. The van der Waals surface area contributed by atoms with Crippen molar-refractivity contribution in [3.63, 3.8) is 0 Å². The molecule has 0 aliphatic heterocycles. The van der Waals surface area contributed by atoms with Gasteiger partial charge in [0.2, 0.25) is 0 Å². The molecule has 0 amide bonds. The van der Waals surface area contributed by atoms with Crippen LogP contribution in [0.5, 0.6) is 5.75 Å². The van der Waals surface area contributed by atoms with Gasteiger partial charge in [-0.05, 0) is 62.6 Å². The van der Waals surface area contributed by atoms with Crippen LogP contribution in [0.3, 0.4) is 0 Å². The van der Waals surface area contributed by atoms with E-state index in [9.17, 15) is 9.59 Å². The summed E-state index contributed by atoms with van der Waals surface area (Å²) in [6.07, 6.45) is 8.04. The summed E-state index contributed by atoms with van der Waals surface area (Å²) >= 11 is 0. The van der Waals surface area contributed by atoms with Crippen molar-refractivity contribution in [2.45, 2.75) is 63.9 Å². The van der Waals surface area contributed by atoms with Crippen molar-refractivity contribution >= 4 is 16.8 Å². The zero-order chi connectivity index (χ0) is 16.5. The van der Waals surface area contributed by atoms with E-state index in [1.165, 1.54) is 0 Å². The fraction of sp³-hybridized carbons (Fsp3) is 0.500. The summed E-state index contributed by atoms with van der Waals surface area (Å²) in [4.78, 5) is 24.3. The zero-order valence-electron chi connectivity index (χ0n) is 13.8. The minimum Gasteiger partial charge on any atom is -0.483 e. The van der Waals surface area contributed by atoms with Gasteiger partial charge in [0.1, 0.15) is 11.3 Å². The number of hydrogen-bond acceptors (Lipinski definition) is 4. The predicted octanol–water partition coefficient (Wildman–Crippen LogP) is 3.95. The Morgan fingerprint density at radius 2 is 1.71 bits per heavy atom. The van der Waals surface area contributed by atoms with Gasteiger partial charge in [-0.15, -0.1) is 0 Å². The number of Topliss-reactive ketones (excluding diaryl/α,β-unsaturated/α-hetero) is 1. The van der Waals surface area contributed by atoms with Crippen molar-refractivity contribution in [1.82, 2.24) is 0 Å². The Labute approximate surface area is 140 Å². The average molecular weight is 326 g/mol. The molecule has 1 aromatic heterocycles. The van der Waals surface area contributed by atoms with Crippen LogP contribution in [0.2, 0.25) is 0 Å². The van der Waals surface area contributed by atoms with Gasteiger partial charge in [0.05, 0.1) is 0 Å². The molecule has 0 saturated heterocycles. The maximum absolute atomic E-state index is 12.3. The summed E-state index contributed by atoms with van der Waals surface area (Å²) < 4.78 is 11.4. The Bertz CT molecular complexity index is 833. The van der Waals surface area contributed by atoms with E-state index < -0.39 is 0 Å². The highest BCUT2D eigenvalue weighted by molar-refractivity contribution is 5.85. The lowest BCUT2D eigenvalue weighted by atomic mass is 9.96. The van der Waals surface area contributed by atoms with Gasteiger partial charge >= 0.3 is 5.63 Å². The lowest BCUT2D eigenvalue weighted by Gasteiger charge is -2.22. The quantitative estimate of drug-likeness (QED) is 0.619. The topological polar surface area (TPSA) is 56.5 Å². The van der Waals surface area contributed by atoms with E-state index >= 15 is 0 Å². The molecular weight excluding hydrogens is 304 g/mol. The zero-order valence-corrected chi connectivity index (χ0v) is 13.8. The molecule has 24 heavy (non-hydrogen) atoms. The van der Waals surface area contributed by atoms with E-state index in [1.54, 1.807) is 6.07 Å². The number of ether oxygens (including phenoxy) is 1. The first-order valence-corrected chi connectivity index (χ1v) is 9.00. The molecule has 4 rings (SSSR count). The maximum Gasteiger partial charge on any atom is 0.339 e. The first-order chi connectivity index (χ1) is 11.7. The first-order valence-electron chi connectivity index (χ1n) is 9.00. The van der Waals surface area contributed by atoms with Gasteiger partial charge < -0.3 is 9.15 Å². The van der Waals surface area contributed by atoms with Crippen molar-refractivity contribution in [3.8, 4) is 5.75 Å². The van der Waals surface area contributed by atoms with Crippen LogP contribution in [0.4, 0.5) is 0 Å². The van der Waals surface area contributed by atoms with Gasteiger partial charge in [0, 0.05) is 23.4 Å². The van der Waals surface area contributed by atoms with Crippen LogP contribution in [0.25, 0.3) is 11.0 Å². The minimum atomic E-state index is -0.358. The molecule has 0 bridgehead atoms. The molecular formula is C20H22O4. The van der Waals surface area contributed by atoms with E-state index in [0.29, 0.717) is 17.8 Å². The number of benzene rings is 1. The highest BCUT2D eigenvalue weighted by atomic mass is 16.5. The third-order valence-electron chi connectivity index (χ3n) is 5.22. The molecule has 0 spiro atoms. The summed E-state index contributed by atoms with van der Waals surface area (Å²) in [5.41, 5.74) is 2.34. The van der Waals surface area contributed by atoms with E-state index in [-0.39, 0.29) is 17.5 Å².